The molecule has 0 unspecified atom stereocenters. The fourth-order valence-electron chi connectivity index (χ4n) is 3.21. The van der Waals surface area contributed by atoms with Gasteiger partial charge in [-0.3, -0.25) is 20.1 Å². The minimum absolute atomic E-state index is 0.0867. The van der Waals surface area contributed by atoms with Gasteiger partial charge in [0.15, 0.2) is 0 Å². The molecule has 28 heavy (non-hydrogen) atoms. The van der Waals surface area contributed by atoms with Gasteiger partial charge in [-0.05, 0) is 60.9 Å². The molecule has 140 valence electrons. The molecule has 0 radical (unpaired) electrons. The third-order valence-electron chi connectivity index (χ3n) is 4.48. The molecule has 0 bridgehead atoms. The van der Waals surface area contributed by atoms with Gasteiger partial charge < -0.3 is 4.42 Å². The van der Waals surface area contributed by atoms with Crippen molar-refractivity contribution < 1.29 is 9.34 Å². The van der Waals surface area contributed by atoms with Gasteiger partial charge in [0.25, 0.3) is 5.69 Å². The van der Waals surface area contributed by atoms with E-state index in [2.05, 4.69) is 9.98 Å². The van der Waals surface area contributed by atoms with Crippen LogP contribution in [0.1, 0.15) is 24.2 Å². The molecule has 2 aromatic heterocycles. The van der Waals surface area contributed by atoms with Crippen LogP contribution in [0.4, 0.5) is 5.69 Å². The third-order valence-corrected chi connectivity index (χ3v) is 4.71. The molecule has 0 atom stereocenters. The Morgan fingerprint density at radius 1 is 1.21 bits per heavy atom. The second kappa shape index (κ2) is 7.78. The van der Waals surface area contributed by atoms with Crippen molar-refractivity contribution in [2.75, 3.05) is 6.54 Å². The molecular formula is C21H16ClN3O3. The second-order valence-corrected chi connectivity index (χ2v) is 6.80. The lowest BCUT2D eigenvalue weighted by Crippen LogP contribution is -2.11. The van der Waals surface area contributed by atoms with E-state index in [0.29, 0.717) is 22.1 Å². The van der Waals surface area contributed by atoms with Gasteiger partial charge in [0.05, 0.1) is 16.2 Å². The number of hydrogen-bond acceptors (Lipinski definition) is 5. The number of halogens is 1. The molecule has 1 aromatic carbocycles. The molecule has 7 heteroatoms. The zero-order valence-corrected chi connectivity index (χ0v) is 15.6. The number of nitro groups is 1. The number of benzene rings is 1. The quantitative estimate of drug-likeness (QED) is 0.428. The van der Waals surface area contributed by atoms with Crippen LogP contribution in [0.5, 0.6) is 0 Å². The van der Waals surface area contributed by atoms with Gasteiger partial charge in [0.2, 0.25) is 0 Å². The lowest BCUT2D eigenvalue weighted by Gasteiger charge is -2.15. The van der Waals surface area contributed by atoms with Crippen LogP contribution < -0.4 is 0 Å². The molecule has 3 heterocycles. The Morgan fingerprint density at radius 3 is 2.89 bits per heavy atom. The van der Waals surface area contributed by atoms with Gasteiger partial charge in [-0.1, -0.05) is 11.6 Å². The lowest BCUT2D eigenvalue weighted by atomic mass is 9.96. The topological polar surface area (TPSA) is 81.5 Å². The van der Waals surface area contributed by atoms with Crippen molar-refractivity contribution in [3.05, 3.63) is 86.9 Å². The van der Waals surface area contributed by atoms with Crippen molar-refractivity contribution in [2.24, 2.45) is 4.99 Å². The Kier molecular flexibility index (Phi) is 5.04. The summed E-state index contributed by atoms with van der Waals surface area (Å²) in [6.45, 7) is 0.780. The van der Waals surface area contributed by atoms with E-state index in [1.165, 1.54) is 6.07 Å². The maximum atomic E-state index is 11.3. The van der Waals surface area contributed by atoms with Crippen LogP contribution >= 0.6 is 11.6 Å². The maximum absolute atomic E-state index is 11.3. The van der Waals surface area contributed by atoms with Crippen LogP contribution in [-0.4, -0.2) is 22.2 Å². The first-order valence-corrected chi connectivity index (χ1v) is 9.19. The molecule has 0 saturated heterocycles. The minimum atomic E-state index is -0.462. The first-order valence-electron chi connectivity index (χ1n) is 8.82. The van der Waals surface area contributed by atoms with Gasteiger partial charge in [-0.25, -0.2) is 0 Å². The normalized spacial score (nSPS) is 15.5. The average molecular weight is 394 g/mol. The predicted molar refractivity (Wildman–Crippen MR) is 109 cm³/mol. The predicted octanol–water partition coefficient (Wildman–Crippen LogP) is 5.57. The van der Waals surface area contributed by atoms with Gasteiger partial charge in [0, 0.05) is 35.6 Å². The molecule has 4 rings (SSSR count). The maximum Gasteiger partial charge on any atom is 0.281 e. The molecule has 0 aliphatic carbocycles. The standard InChI is InChI=1S/C21H16ClN3O3/c22-16-5-7-18(19(12-16)25(26)27)20-8-6-17(28-20)11-14-3-2-10-24-21(14)15-4-1-9-23-13-15/h1,4-9,11-13H,2-3,10H2/b14-11-. The molecule has 3 aromatic rings. The number of pyridine rings is 1. The van der Waals surface area contributed by atoms with E-state index in [0.717, 1.165) is 36.2 Å². The number of hydrogen-bond donors (Lipinski definition) is 0. The Hall–Kier alpha value is -3.25. The number of nitrogens with zero attached hydrogens (tertiary/aromatic N) is 3. The highest BCUT2D eigenvalue weighted by Crippen LogP contribution is 2.34. The molecule has 6 nitrogen and oxygen atoms in total. The number of allylic oxidation sites excluding steroid dienone is 1. The smallest absolute Gasteiger partial charge is 0.281 e. The first kappa shape index (κ1) is 18.1. The summed E-state index contributed by atoms with van der Waals surface area (Å²) in [6, 6.07) is 11.9. The summed E-state index contributed by atoms with van der Waals surface area (Å²) in [5.74, 6) is 1.04. The van der Waals surface area contributed by atoms with Crippen LogP contribution in [-0.2, 0) is 0 Å². The van der Waals surface area contributed by atoms with Crippen molar-refractivity contribution in [3.63, 3.8) is 0 Å². The van der Waals surface area contributed by atoms with E-state index in [1.54, 1.807) is 36.7 Å². The summed E-state index contributed by atoms with van der Waals surface area (Å²) < 4.78 is 5.89. The number of rotatable bonds is 4. The van der Waals surface area contributed by atoms with Crippen molar-refractivity contribution >= 4 is 29.1 Å². The molecule has 0 saturated carbocycles. The molecule has 0 fully saturated rings. The van der Waals surface area contributed by atoms with Crippen LogP contribution in [0, 0.1) is 10.1 Å². The van der Waals surface area contributed by atoms with Crippen LogP contribution in [0.15, 0.2) is 69.8 Å². The number of nitro benzene ring substituents is 1. The second-order valence-electron chi connectivity index (χ2n) is 6.37. The number of aromatic nitrogens is 1. The highest BCUT2D eigenvalue weighted by molar-refractivity contribution is 6.30. The van der Waals surface area contributed by atoms with E-state index in [-0.39, 0.29) is 5.69 Å². The monoisotopic (exact) mass is 393 g/mol. The highest BCUT2D eigenvalue weighted by atomic mass is 35.5. The Labute approximate surface area is 166 Å². The van der Waals surface area contributed by atoms with Crippen molar-refractivity contribution in [1.29, 1.82) is 0 Å². The van der Waals surface area contributed by atoms with E-state index in [4.69, 9.17) is 16.0 Å². The van der Waals surface area contributed by atoms with Crippen LogP contribution in [0.3, 0.4) is 0 Å². The molecule has 0 N–H and O–H groups in total. The zero-order chi connectivity index (χ0) is 19.5. The van der Waals surface area contributed by atoms with Gasteiger partial charge in [-0.15, -0.1) is 0 Å². The summed E-state index contributed by atoms with van der Waals surface area (Å²) in [5, 5.41) is 11.7. The Bertz CT molecular complexity index is 1090. The Balaban J connectivity index is 1.69. The molecule has 0 spiro atoms. The van der Waals surface area contributed by atoms with Gasteiger partial charge >= 0.3 is 0 Å². The first-order chi connectivity index (χ1) is 13.6. The summed E-state index contributed by atoms with van der Waals surface area (Å²) in [4.78, 5) is 19.7. The molecular weight excluding hydrogens is 378 g/mol. The summed E-state index contributed by atoms with van der Waals surface area (Å²) in [7, 11) is 0. The largest absolute Gasteiger partial charge is 0.456 e. The summed E-state index contributed by atoms with van der Waals surface area (Å²) >= 11 is 5.89. The van der Waals surface area contributed by atoms with E-state index in [9.17, 15) is 10.1 Å². The molecule has 1 aliphatic heterocycles. The Morgan fingerprint density at radius 2 is 2.11 bits per heavy atom. The SMILES string of the molecule is O=[N+]([O-])c1cc(Cl)ccc1-c1ccc(/C=C2/CCCN=C2c2cccnc2)o1. The number of furan rings is 1. The van der Waals surface area contributed by atoms with Crippen LogP contribution in [0.2, 0.25) is 5.02 Å². The van der Waals surface area contributed by atoms with Crippen LogP contribution in [0.25, 0.3) is 17.4 Å². The molecule has 0 amide bonds. The van der Waals surface area contributed by atoms with E-state index < -0.39 is 4.92 Å². The van der Waals surface area contributed by atoms with Crippen molar-refractivity contribution in [1.82, 2.24) is 4.98 Å². The van der Waals surface area contributed by atoms with Crippen molar-refractivity contribution in [3.8, 4) is 11.3 Å². The summed E-state index contributed by atoms with van der Waals surface area (Å²) in [6.07, 6.45) is 7.31. The third kappa shape index (κ3) is 3.73. The zero-order valence-electron chi connectivity index (χ0n) is 14.8. The fraction of sp³-hybridized carbons (Fsp3) is 0.143. The van der Waals surface area contributed by atoms with Gasteiger partial charge in [0.1, 0.15) is 11.5 Å². The fourth-order valence-corrected chi connectivity index (χ4v) is 3.38. The average Bonchev–Trinajstić information content (AvgIpc) is 3.17. The molecule has 1 aliphatic rings. The minimum Gasteiger partial charge on any atom is -0.456 e. The van der Waals surface area contributed by atoms with Gasteiger partial charge in [-0.2, -0.15) is 0 Å². The number of aliphatic imine (C=N–C) groups is 1. The van der Waals surface area contributed by atoms with E-state index in [1.807, 2.05) is 18.2 Å². The van der Waals surface area contributed by atoms with E-state index >= 15 is 0 Å². The highest BCUT2D eigenvalue weighted by Gasteiger charge is 2.19. The lowest BCUT2D eigenvalue weighted by molar-refractivity contribution is -0.384. The summed E-state index contributed by atoms with van der Waals surface area (Å²) in [5.41, 5.74) is 3.24. The van der Waals surface area contributed by atoms with Crippen molar-refractivity contribution in [2.45, 2.75) is 12.8 Å².